The molecule has 1 fully saturated rings. The fourth-order valence-corrected chi connectivity index (χ4v) is 7.80. The van der Waals surface area contributed by atoms with Crippen LogP contribution in [0.5, 0.6) is 0 Å². The number of sulfonamides is 1. The summed E-state index contributed by atoms with van der Waals surface area (Å²) in [6.45, 7) is 5.62. The highest BCUT2D eigenvalue weighted by Gasteiger charge is 2.59. The van der Waals surface area contributed by atoms with Crippen molar-refractivity contribution in [2.75, 3.05) is 13.1 Å². The van der Waals surface area contributed by atoms with Crippen LogP contribution in [0.2, 0.25) is 0 Å². The zero-order valence-electron chi connectivity index (χ0n) is 18.3. The third-order valence-corrected chi connectivity index (χ3v) is 9.85. The van der Waals surface area contributed by atoms with Gasteiger partial charge >= 0.3 is 6.09 Å². The Morgan fingerprint density at radius 2 is 1.94 bits per heavy atom. The Morgan fingerprint density at radius 1 is 1.24 bits per heavy atom. The fraction of sp³-hybridized carbons (Fsp3) is 0.429. The van der Waals surface area contributed by atoms with Crippen LogP contribution in [0.15, 0.2) is 49.6 Å². The van der Waals surface area contributed by atoms with E-state index in [9.17, 15) is 23.1 Å². The van der Waals surface area contributed by atoms with Crippen LogP contribution in [-0.4, -0.2) is 60.7 Å². The molecule has 2 amide bonds. The van der Waals surface area contributed by atoms with Crippen molar-refractivity contribution in [3.63, 3.8) is 0 Å². The molecule has 1 aliphatic rings. The monoisotopic (exact) mass is 622 g/mol. The van der Waals surface area contributed by atoms with Gasteiger partial charge in [0.25, 0.3) is 5.91 Å². The Bertz CT molecular complexity index is 1150. The van der Waals surface area contributed by atoms with Crippen molar-refractivity contribution in [3.8, 4) is 0 Å². The number of hydrogen-bond donors (Lipinski definition) is 3. The second kappa shape index (κ2) is 9.74. The van der Waals surface area contributed by atoms with Gasteiger partial charge in [0.1, 0.15) is 18.1 Å². The number of benzene rings is 1. The molecule has 3 N–H and O–H groups in total. The van der Waals surface area contributed by atoms with E-state index >= 15 is 0 Å². The zero-order valence-corrected chi connectivity index (χ0v) is 23.1. The van der Waals surface area contributed by atoms with Crippen molar-refractivity contribution in [2.24, 2.45) is 0 Å². The SMILES string of the molecule is CC(C)(C)[N+]1(C(=O)O)C[C@H](NS(=O)(=O)c2cc(Br)ccc2Br)C[C@@H]1CNC(=O)c1cccs1. The van der Waals surface area contributed by atoms with E-state index in [0.29, 0.717) is 13.8 Å². The number of likely N-dealkylation sites (tertiary alicyclic amines) is 1. The van der Waals surface area contributed by atoms with E-state index in [-0.39, 0.29) is 34.8 Å². The normalized spacial score (nSPS) is 23.4. The number of thiophene rings is 1. The first-order chi connectivity index (χ1) is 15.3. The molecule has 0 spiro atoms. The number of carboxylic acid groups (broad SMARTS) is 1. The maximum atomic E-state index is 13.1. The average Bonchev–Trinajstić information content (AvgIpc) is 3.35. The first kappa shape index (κ1) is 26.3. The van der Waals surface area contributed by atoms with Gasteiger partial charge in [-0.1, -0.05) is 22.0 Å². The van der Waals surface area contributed by atoms with Gasteiger partial charge in [0, 0.05) is 15.4 Å². The van der Waals surface area contributed by atoms with Crippen molar-refractivity contribution < 1.29 is 27.6 Å². The van der Waals surface area contributed by atoms with Gasteiger partial charge in [0.05, 0.1) is 22.4 Å². The molecule has 12 heteroatoms. The predicted octanol–water partition coefficient (Wildman–Crippen LogP) is 4.42. The maximum Gasteiger partial charge on any atom is 0.514 e. The first-order valence-electron chi connectivity index (χ1n) is 10.2. The molecule has 0 radical (unpaired) electrons. The first-order valence-corrected chi connectivity index (χ1v) is 14.1. The van der Waals surface area contributed by atoms with Gasteiger partial charge in [-0.05, 0) is 66.3 Å². The molecule has 1 unspecified atom stereocenters. The summed E-state index contributed by atoms with van der Waals surface area (Å²) in [5.74, 6) is -0.274. The molecule has 3 atom stereocenters. The van der Waals surface area contributed by atoms with E-state index in [2.05, 4.69) is 41.9 Å². The van der Waals surface area contributed by atoms with E-state index in [4.69, 9.17) is 0 Å². The van der Waals surface area contributed by atoms with Gasteiger partial charge in [-0.25, -0.2) is 17.6 Å². The van der Waals surface area contributed by atoms with Crippen LogP contribution in [0.25, 0.3) is 0 Å². The number of nitrogens with zero attached hydrogens (tertiary/aromatic N) is 1. The highest BCUT2D eigenvalue weighted by molar-refractivity contribution is 9.11. The highest BCUT2D eigenvalue weighted by atomic mass is 79.9. The molecule has 3 rings (SSSR count). The molecule has 1 aromatic heterocycles. The molecular formula is C21H26Br2N3O5S2+. The van der Waals surface area contributed by atoms with Crippen LogP contribution < -0.4 is 10.0 Å². The van der Waals surface area contributed by atoms with Crippen LogP contribution in [-0.2, 0) is 10.0 Å². The standard InChI is InChI=1S/C21H25Br2N3O5S2/c1-21(2,3)26(20(28)29)12-14(10-15(26)11-24-19(27)17-5-4-8-32-17)25-33(30,31)18-9-13(22)6-7-16(18)23/h4-9,14-15,25H,10-12H2,1-3H3,(H-,24,27,28,29)/p+1/t14-,15-,26?/m1/s1. The third-order valence-electron chi connectivity index (χ3n) is 5.97. The highest BCUT2D eigenvalue weighted by Crippen LogP contribution is 2.38. The molecular weight excluding hydrogens is 598 g/mol. The molecule has 2 aromatic rings. The number of halogens is 2. The number of carbonyl (C=O) groups is 2. The molecule has 8 nitrogen and oxygen atoms in total. The second-order valence-corrected chi connectivity index (χ2v) is 13.4. The zero-order chi connectivity index (χ0) is 24.6. The summed E-state index contributed by atoms with van der Waals surface area (Å²) in [6, 6.07) is 7.16. The van der Waals surface area contributed by atoms with Gasteiger partial charge in [-0.15, -0.1) is 11.3 Å². The Balaban J connectivity index is 1.88. The van der Waals surface area contributed by atoms with Crippen molar-refractivity contribution in [2.45, 2.75) is 49.7 Å². The van der Waals surface area contributed by atoms with Gasteiger partial charge in [-0.3, -0.25) is 4.79 Å². The fourth-order valence-electron chi connectivity index (χ4n) is 4.42. The van der Waals surface area contributed by atoms with E-state index in [1.165, 1.54) is 17.4 Å². The quantitative estimate of drug-likeness (QED) is 0.413. The van der Waals surface area contributed by atoms with E-state index in [1.54, 1.807) is 29.6 Å². The number of amides is 2. The minimum atomic E-state index is -3.92. The van der Waals surface area contributed by atoms with Crippen molar-refractivity contribution >= 4 is 65.2 Å². The maximum absolute atomic E-state index is 13.1. The summed E-state index contributed by atoms with van der Waals surface area (Å²) in [7, 11) is -3.92. The Morgan fingerprint density at radius 3 is 2.52 bits per heavy atom. The molecule has 0 bridgehead atoms. The minimum Gasteiger partial charge on any atom is -0.435 e. The molecule has 1 aliphatic heterocycles. The van der Waals surface area contributed by atoms with E-state index in [1.807, 2.05) is 20.8 Å². The topological polar surface area (TPSA) is 113 Å². The summed E-state index contributed by atoms with van der Waals surface area (Å²) in [6.07, 6.45) is -0.790. The minimum absolute atomic E-state index is 0.0588. The molecule has 2 heterocycles. The van der Waals surface area contributed by atoms with Gasteiger partial charge in [-0.2, -0.15) is 4.79 Å². The van der Waals surface area contributed by atoms with Crippen LogP contribution in [0.3, 0.4) is 0 Å². The summed E-state index contributed by atoms with van der Waals surface area (Å²) < 4.78 is 29.6. The van der Waals surface area contributed by atoms with Crippen molar-refractivity contribution in [1.82, 2.24) is 10.0 Å². The number of carbonyl (C=O) groups excluding carboxylic acids is 1. The lowest BCUT2D eigenvalue weighted by Gasteiger charge is -2.44. The van der Waals surface area contributed by atoms with Crippen LogP contribution in [0.4, 0.5) is 4.79 Å². The Hall–Kier alpha value is -1.31. The van der Waals surface area contributed by atoms with E-state index in [0.717, 1.165) is 0 Å². The molecule has 1 aromatic carbocycles. The molecule has 33 heavy (non-hydrogen) atoms. The van der Waals surface area contributed by atoms with E-state index < -0.39 is 33.7 Å². The number of quaternary nitrogens is 1. The largest absolute Gasteiger partial charge is 0.514 e. The van der Waals surface area contributed by atoms with Crippen molar-refractivity contribution in [3.05, 3.63) is 49.5 Å². The third kappa shape index (κ3) is 5.35. The molecule has 1 saturated heterocycles. The molecule has 180 valence electrons. The van der Waals surface area contributed by atoms with Gasteiger partial charge < -0.3 is 10.4 Å². The van der Waals surface area contributed by atoms with Gasteiger partial charge in [0.15, 0.2) is 0 Å². The summed E-state index contributed by atoms with van der Waals surface area (Å²) in [5.41, 5.74) is -0.735. The summed E-state index contributed by atoms with van der Waals surface area (Å²) >= 11 is 7.87. The lowest BCUT2D eigenvalue weighted by molar-refractivity contribution is -0.913. The second-order valence-electron chi connectivity index (χ2n) is 8.97. The van der Waals surface area contributed by atoms with Crippen molar-refractivity contribution in [1.29, 1.82) is 0 Å². The molecule has 0 saturated carbocycles. The van der Waals surface area contributed by atoms with Crippen LogP contribution in [0.1, 0.15) is 36.9 Å². The average molecular weight is 624 g/mol. The number of nitrogens with one attached hydrogen (secondary N) is 2. The number of hydrogen-bond acceptors (Lipinski definition) is 5. The Labute approximate surface area is 214 Å². The molecule has 0 aliphatic carbocycles. The van der Waals surface area contributed by atoms with Crippen LogP contribution >= 0.6 is 43.2 Å². The van der Waals surface area contributed by atoms with Crippen LogP contribution in [0, 0.1) is 0 Å². The predicted molar refractivity (Wildman–Crippen MR) is 134 cm³/mol. The smallest absolute Gasteiger partial charge is 0.435 e. The summed E-state index contributed by atoms with van der Waals surface area (Å²) in [5, 5.41) is 14.9. The Kier molecular flexibility index (Phi) is 7.77. The summed E-state index contributed by atoms with van der Waals surface area (Å²) in [4.78, 5) is 25.7. The number of rotatable bonds is 6. The lowest BCUT2D eigenvalue weighted by Crippen LogP contribution is -2.68. The van der Waals surface area contributed by atoms with Gasteiger partial charge in [0.2, 0.25) is 10.0 Å². The lowest BCUT2D eigenvalue weighted by atomic mass is 9.99.